The molecule has 0 aliphatic heterocycles. The molecule has 7 heteroatoms. The van der Waals surface area contributed by atoms with Crippen LogP contribution in [0.4, 0.5) is 0 Å². The number of benzene rings is 3. The van der Waals surface area contributed by atoms with Crippen LogP contribution in [0.25, 0.3) is 43.3 Å². The lowest BCUT2D eigenvalue weighted by atomic mass is 10.0. The van der Waals surface area contributed by atoms with E-state index in [9.17, 15) is 0 Å². The highest BCUT2D eigenvalue weighted by Crippen LogP contribution is 2.37. The Balaban J connectivity index is 1.54. The van der Waals surface area contributed by atoms with Crippen LogP contribution in [0.1, 0.15) is 31.0 Å². The molecule has 0 amide bonds. The first kappa shape index (κ1) is 22.6. The van der Waals surface area contributed by atoms with E-state index in [0.717, 1.165) is 48.9 Å². The average Bonchev–Trinajstić information content (AvgIpc) is 3.49. The molecule has 0 saturated carbocycles. The Kier molecular flexibility index (Phi) is 5.70. The highest BCUT2D eigenvalue weighted by molar-refractivity contribution is 7.18. The molecule has 174 valence electrons. The first-order valence-corrected chi connectivity index (χ1v) is 12.2. The summed E-state index contributed by atoms with van der Waals surface area (Å²) in [5.41, 5.74) is 17.9. The number of aromatic nitrogens is 2. The summed E-state index contributed by atoms with van der Waals surface area (Å²) in [6.45, 7) is 4.35. The Hall–Kier alpha value is -4.23. The van der Waals surface area contributed by atoms with Gasteiger partial charge in [0.15, 0.2) is 5.82 Å². The van der Waals surface area contributed by atoms with Gasteiger partial charge in [0.25, 0.3) is 0 Å². The molecule has 0 aliphatic carbocycles. The van der Waals surface area contributed by atoms with Crippen LogP contribution in [0, 0.1) is 10.8 Å². The number of rotatable bonds is 6. The zero-order chi connectivity index (χ0) is 24.7. The fraction of sp³-hybridized carbons (Fsp3) is 0.107. The highest BCUT2D eigenvalue weighted by atomic mass is 32.1. The van der Waals surface area contributed by atoms with Gasteiger partial charge in [-0.2, -0.15) is 0 Å². The van der Waals surface area contributed by atoms with E-state index in [1.807, 2.05) is 48.5 Å². The summed E-state index contributed by atoms with van der Waals surface area (Å²) in [5, 5.41) is 15.2. The minimum atomic E-state index is 0.0671. The monoisotopic (exact) mass is 478 g/mol. The van der Waals surface area contributed by atoms with Gasteiger partial charge >= 0.3 is 0 Å². The van der Waals surface area contributed by atoms with Crippen LogP contribution < -0.4 is 11.5 Å². The molecule has 2 heterocycles. The van der Waals surface area contributed by atoms with Gasteiger partial charge in [0.1, 0.15) is 11.7 Å². The van der Waals surface area contributed by atoms with Crippen LogP contribution in [0.3, 0.4) is 0 Å². The summed E-state index contributed by atoms with van der Waals surface area (Å²) in [5.74, 6) is 1.09. The molecule has 2 aromatic heterocycles. The number of nitrogens with zero attached hydrogens (tertiary/aromatic N) is 2. The molecular weight excluding hydrogens is 452 g/mol. The fourth-order valence-electron chi connectivity index (χ4n) is 4.24. The van der Waals surface area contributed by atoms with E-state index < -0.39 is 0 Å². The normalized spacial score (nSPS) is 11.3. The highest BCUT2D eigenvalue weighted by Gasteiger charge is 2.18. The molecule has 6 N–H and O–H groups in total. The number of fused-ring (bicyclic) bond motifs is 1. The standard InChI is InChI=1S/C28H26N6S/c1-16(2)34-23-12-11-21(17-3-7-19(8-4-17)26(29)30)15-22(23)33-28(34)25-14-13-24(35-25)18-5-9-20(10-6-18)27(31)32/h3-16H,1-2H3,(H3,29,30)(H3,31,32). The molecule has 0 spiro atoms. The minimum absolute atomic E-state index is 0.0671. The number of thiophene rings is 1. The number of imidazole rings is 1. The van der Waals surface area contributed by atoms with Gasteiger partial charge in [0.2, 0.25) is 0 Å². The van der Waals surface area contributed by atoms with E-state index in [-0.39, 0.29) is 17.7 Å². The lowest BCUT2D eigenvalue weighted by Gasteiger charge is -2.12. The van der Waals surface area contributed by atoms with E-state index in [1.54, 1.807) is 11.3 Å². The number of hydrogen-bond donors (Lipinski definition) is 4. The summed E-state index contributed by atoms with van der Waals surface area (Å²) < 4.78 is 2.28. The predicted octanol–water partition coefficient (Wildman–Crippen LogP) is 6.25. The molecule has 0 fully saturated rings. The summed E-state index contributed by atoms with van der Waals surface area (Å²) >= 11 is 1.70. The Morgan fingerprint density at radius 2 is 1.29 bits per heavy atom. The maximum absolute atomic E-state index is 7.60. The lowest BCUT2D eigenvalue weighted by molar-refractivity contribution is 0.625. The van der Waals surface area contributed by atoms with E-state index >= 15 is 0 Å². The lowest BCUT2D eigenvalue weighted by Crippen LogP contribution is -2.10. The quantitative estimate of drug-likeness (QED) is 0.171. The van der Waals surface area contributed by atoms with E-state index in [2.05, 4.69) is 48.7 Å². The number of nitrogens with two attached hydrogens (primary N) is 2. The predicted molar refractivity (Wildman–Crippen MR) is 146 cm³/mol. The number of amidine groups is 2. The first-order chi connectivity index (χ1) is 16.8. The second-order valence-corrected chi connectivity index (χ2v) is 9.83. The van der Waals surface area contributed by atoms with Crippen LogP contribution in [0.15, 0.2) is 78.9 Å². The molecule has 5 aromatic rings. The van der Waals surface area contributed by atoms with Crippen molar-refractivity contribution in [1.82, 2.24) is 9.55 Å². The molecule has 0 bridgehead atoms. The summed E-state index contributed by atoms with van der Waals surface area (Å²) in [6, 6.07) is 26.3. The molecule has 0 radical (unpaired) electrons. The van der Waals surface area contributed by atoms with Crippen LogP contribution >= 0.6 is 11.3 Å². The first-order valence-electron chi connectivity index (χ1n) is 11.3. The van der Waals surface area contributed by atoms with Crippen molar-refractivity contribution in [3.63, 3.8) is 0 Å². The largest absolute Gasteiger partial charge is 0.384 e. The summed E-state index contributed by atoms with van der Waals surface area (Å²) in [4.78, 5) is 7.30. The molecule has 6 nitrogen and oxygen atoms in total. The van der Waals surface area contributed by atoms with Crippen molar-refractivity contribution >= 4 is 34.0 Å². The van der Waals surface area contributed by atoms with Crippen LogP contribution in [0.2, 0.25) is 0 Å². The van der Waals surface area contributed by atoms with Gasteiger partial charge in [-0.1, -0.05) is 54.6 Å². The van der Waals surface area contributed by atoms with Crippen LogP contribution in [0.5, 0.6) is 0 Å². The van der Waals surface area contributed by atoms with Crippen LogP contribution in [-0.2, 0) is 0 Å². The molecule has 0 saturated heterocycles. The molecule has 0 atom stereocenters. The third-order valence-corrected chi connectivity index (χ3v) is 7.17. The van der Waals surface area contributed by atoms with Crippen molar-refractivity contribution in [3.8, 4) is 32.3 Å². The van der Waals surface area contributed by atoms with Gasteiger partial charge < -0.3 is 16.0 Å². The Labute approximate surface area is 207 Å². The van der Waals surface area contributed by atoms with Gasteiger partial charge in [-0.15, -0.1) is 11.3 Å². The molecule has 35 heavy (non-hydrogen) atoms. The van der Waals surface area contributed by atoms with Gasteiger partial charge in [-0.3, -0.25) is 10.8 Å². The van der Waals surface area contributed by atoms with Crippen molar-refractivity contribution in [3.05, 3.63) is 90.0 Å². The third kappa shape index (κ3) is 4.22. The van der Waals surface area contributed by atoms with E-state index in [0.29, 0.717) is 5.56 Å². The van der Waals surface area contributed by atoms with E-state index in [4.69, 9.17) is 27.3 Å². The Morgan fingerprint density at radius 3 is 1.86 bits per heavy atom. The summed E-state index contributed by atoms with van der Waals surface area (Å²) in [6.07, 6.45) is 0. The maximum atomic E-state index is 7.60. The zero-order valence-electron chi connectivity index (χ0n) is 19.5. The molecule has 5 rings (SSSR count). The fourth-order valence-corrected chi connectivity index (χ4v) is 5.24. The van der Waals surface area contributed by atoms with Gasteiger partial charge in [0.05, 0.1) is 15.9 Å². The SMILES string of the molecule is CC(C)n1c(-c2ccc(-c3ccc(C(=N)N)cc3)s2)nc2cc(-c3ccc(C(=N)N)cc3)ccc21. The van der Waals surface area contributed by atoms with Crippen molar-refractivity contribution in [2.45, 2.75) is 19.9 Å². The van der Waals surface area contributed by atoms with Crippen molar-refractivity contribution in [2.24, 2.45) is 11.5 Å². The third-order valence-electron chi connectivity index (χ3n) is 6.04. The Bertz CT molecular complexity index is 1560. The van der Waals surface area contributed by atoms with Crippen molar-refractivity contribution in [1.29, 1.82) is 10.8 Å². The molecule has 0 unspecified atom stereocenters. The zero-order valence-corrected chi connectivity index (χ0v) is 20.4. The maximum Gasteiger partial charge on any atom is 0.151 e. The minimum Gasteiger partial charge on any atom is -0.384 e. The second-order valence-electron chi connectivity index (χ2n) is 8.75. The average molecular weight is 479 g/mol. The van der Waals surface area contributed by atoms with Gasteiger partial charge in [-0.05, 0) is 54.8 Å². The summed E-state index contributed by atoms with van der Waals surface area (Å²) in [7, 11) is 0. The van der Waals surface area contributed by atoms with Gasteiger partial charge in [-0.25, -0.2) is 4.98 Å². The smallest absolute Gasteiger partial charge is 0.151 e. The van der Waals surface area contributed by atoms with Crippen LogP contribution in [-0.4, -0.2) is 21.2 Å². The van der Waals surface area contributed by atoms with Crippen molar-refractivity contribution in [2.75, 3.05) is 0 Å². The number of hydrogen-bond acceptors (Lipinski definition) is 4. The Morgan fingerprint density at radius 1 is 0.743 bits per heavy atom. The number of nitrogen functional groups attached to an aromatic ring is 2. The molecular formula is C28H26N6S. The van der Waals surface area contributed by atoms with Crippen molar-refractivity contribution < 1.29 is 0 Å². The molecule has 3 aromatic carbocycles. The molecule has 0 aliphatic rings. The number of nitrogens with one attached hydrogen (secondary N) is 2. The topological polar surface area (TPSA) is 118 Å². The van der Waals surface area contributed by atoms with Gasteiger partial charge in [0, 0.05) is 22.0 Å². The van der Waals surface area contributed by atoms with E-state index in [1.165, 1.54) is 0 Å². The second kappa shape index (κ2) is 8.85.